The maximum atomic E-state index is 11.1. The average Bonchev–Trinajstić information content (AvgIpc) is 3.60. The number of aromatic nitrogens is 1. The Morgan fingerprint density at radius 1 is 1.30 bits per heavy atom. The molecule has 0 radical (unpaired) electrons. The standard InChI is InChI=1S/C26H38N4O3/c1-17(2)23-15-30(11-10-29(23)9-6-12-32-18(3)31)25-21(14-27)20-13-26(4,5)33-16-22(20)24(28-25)19-7-8-19/h17,19,23H,6-13,15-16H2,1-5H3/t23-/m0/s1. The summed E-state index contributed by atoms with van der Waals surface area (Å²) in [5.74, 6) is 1.64. The molecule has 1 atom stereocenters. The maximum Gasteiger partial charge on any atom is 0.302 e. The van der Waals surface area contributed by atoms with E-state index >= 15 is 0 Å². The van der Waals surface area contributed by atoms with Crippen molar-refractivity contribution in [3.8, 4) is 6.07 Å². The number of carbonyl (C=O) groups is 1. The molecule has 0 unspecified atom stereocenters. The molecule has 0 amide bonds. The second-order valence-electron chi connectivity index (χ2n) is 10.8. The number of hydrogen-bond acceptors (Lipinski definition) is 7. The highest BCUT2D eigenvalue weighted by Crippen LogP contribution is 2.45. The smallest absolute Gasteiger partial charge is 0.302 e. The maximum absolute atomic E-state index is 11.1. The number of rotatable bonds is 7. The van der Waals surface area contributed by atoms with Gasteiger partial charge < -0.3 is 14.4 Å². The fraction of sp³-hybridized carbons (Fsp3) is 0.731. The van der Waals surface area contributed by atoms with Crippen LogP contribution in [0.1, 0.15) is 82.2 Å². The predicted octanol–water partition coefficient (Wildman–Crippen LogP) is 3.78. The third-order valence-corrected chi connectivity index (χ3v) is 7.21. The molecule has 1 saturated heterocycles. The Hall–Kier alpha value is -2.17. The first kappa shape index (κ1) is 24.0. The van der Waals surface area contributed by atoms with Crippen LogP contribution in [0.2, 0.25) is 0 Å². The number of nitrogens with zero attached hydrogens (tertiary/aromatic N) is 4. The van der Waals surface area contributed by atoms with Crippen LogP contribution in [-0.2, 0) is 27.3 Å². The first-order valence-corrected chi connectivity index (χ1v) is 12.4. The van der Waals surface area contributed by atoms with Gasteiger partial charge in [-0.25, -0.2) is 4.98 Å². The van der Waals surface area contributed by atoms with Crippen molar-refractivity contribution in [2.24, 2.45) is 5.92 Å². The molecule has 1 aliphatic carbocycles. The van der Waals surface area contributed by atoms with E-state index in [-0.39, 0.29) is 11.6 Å². The van der Waals surface area contributed by atoms with Gasteiger partial charge in [-0.3, -0.25) is 9.69 Å². The van der Waals surface area contributed by atoms with Gasteiger partial charge in [-0.05, 0) is 44.6 Å². The van der Waals surface area contributed by atoms with E-state index in [1.54, 1.807) is 0 Å². The number of hydrogen-bond donors (Lipinski definition) is 0. The van der Waals surface area contributed by atoms with Crippen molar-refractivity contribution in [3.63, 3.8) is 0 Å². The van der Waals surface area contributed by atoms with E-state index in [0.29, 0.717) is 31.1 Å². The van der Waals surface area contributed by atoms with Crippen LogP contribution in [0.5, 0.6) is 0 Å². The molecule has 1 aromatic rings. The fourth-order valence-electron chi connectivity index (χ4n) is 5.25. The van der Waals surface area contributed by atoms with E-state index in [1.807, 2.05) is 0 Å². The Kier molecular flexibility index (Phi) is 6.97. The fourth-order valence-corrected chi connectivity index (χ4v) is 5.25. The topological polar surface area (TPSA) is 78.7 Å². The van der Waals surface area contributed by atoms with Crippen molar-refractivity contribution in [1.29, 1.82) is 5.26 Å². The van der Waals surface area contributed by atoms with Crippen LogP contribution >= 0.6 is 0 Å². The average molecular weight is 455 g/mol. The van der Waals surface area contributed by atoms with Crippen molar-refractivity contribution >= 4 is 11.8 Å². The number of esters is 1. The van der Waals surface area contributed by atoms with Crippen molar-refractivity contribution in [1.82, 2.24) is 9.88 Å². The summed E-state index contributed by atoms with van der Waals surface area (Å²) in [5, 5.41) is 10.2. The molecule has 4 rings (SSSR count). The van der Waals surface area contributed by atoms with Gasteiger partial charge >= 0.3 is 5.97 Å². The summed E-state index contributed by atoms with van der Waals surface area (Å²) in [6, 6.07) is 2.90. The minimum atomic E-state index is -0.265. The van der Waals surface area contributed by atoms with Gasteiger partial charge in [-0.1, -0.05) is 13.8 Å². The van der Waals surface area contributed by atoms with Gasteiger partial charge in [-0.2, -0.15) is 5.26 Å². The van der Waals surface area contributed by atoms with Gasteiger partial charge in [-0.15, -0.1) is 0 Å². The number of fused-ring (bicyclic) bond motifs is 1. The Balaban J connectivity index is 1.59. The summed E-state index contributed by atoms with van der Waals surface area (Å²) in [6.45, 7) is 14.7. The van der Waals surface area contributed by atoms with E-state index in [9.17, 15) is 10.1 Å². The Morgan fingerprint density at radius 3 is 2.70 bits per heavy atom. The highest BCUT2D eigenvalue weighted by Gasteiger charge is 2.38. The molecule has 0 bridgehead atoms. The first-order valence-electron chi connectivity index (χ1n) is 12.4. The van der Waals surface area contributed by atoms with Crippen LogP contribution in [0, 0.1) is 17.2 Å². The normalized spacial score (nSPS) is 22.7. The predicted molar refractivity (Wildman–Crippen MR) is 127 cm³/mol. The highest BCUT2D eigenvalue weighted by atomic mass is 16.5. The van der Waals surface area contributed by atoms with Crippen molar-refractivity contribution in [2.75, 3.05) is 37.7 Å². The van der Waals surface area contributed by atoms with Crippen LogP contribution in [0.3, 0.4) is 0 Å². The zero-order valence-electron chi connectivity index (χ0n) is 20.8. The zero-order valence-corrected chi connectivity index (χ0v) is 20.8. The van der Waals surface area contributed by atoms with E-state index in [0.717, 1.165) is 56.0 Å². The number of ether oxygens (including phenoxy) is 2. The number of anilines is 1. The van der Waals surface area contributed by atoms with Crippen molar-refractivity contribution in [2.45, 2.75) is 84.5 Å². The molecule has 180 valence electrons. The molecule has 0 N–H and O–H groups in total. The van der Waals surface area contributed by atoms with E-state index in [1.165, 1.54) is 31.0 Å². The molecule has 0 spiro atoms. The summed E-state index contributed by atoms with van der Waals surface area (Å²) in [4.78, 5) is 21.1. The lowest BCUT2D eigenvalue weighted by atomic mass is 9.87. The van der Waals surface area contributed by atoms with E-state index in [2.05, 4.69) is 43.6 Å². The SMILES string of the molecule is CC(=O)OCCCN1CCN(c2nc(C3CC3)c3c(c2C#N)CC(C)(C)OC3)C[C@H]1C(C)C. The second-order valence-corrected chi connectivity index (χ2v) is 10.8. The lowest BCUT2D eigenvalue weighted by Crippen LogP contribution is -2.56. The molecule has 1 saturated carbocycles. The van der Waals surface area contributed by atoms with E-state index in [4.69, 9.17) is 14.5 Å². The molecule has 3 aliphatic rings. The molecular weight excluding hydrogens is 416 g/mol. The zero-order chi connectivity index (χ0) is 23.8. The molecule has 3 heterocycles. The van der Waals surface area contributed by atoms with Gasteiger partial charge in [0.2, 0.25) is 0 Å². The van der Waals surface area contributed by atoms with E-state index < -0.39 is 0 Å². The minimum absolute atomic E-state index is 0.220. The first-order chi connectivity index (χ1) is 15.7. The number of piperazine rings is 1. The van der Waals surface area contributed by atoms with Crippen LogP contribution in [0.15, 0.2) is 0 Å². The number of carbonyl (C=O) groups excluding carboxylic acids is 1. The molecule has 2 fully saturated rings. The summed E-state index contributed by atoms with van der Waals surface area (Å²) < 4.78 is 11.2. The molecule has 7 nitrogen and oxygen atoms in total. The molecule has 2 aliphatic heterocycles. The van der Waals surface area contributed by atoms with Crippen LogP contribution in [0.25, 0.3) is 0 Å². The molecule has 7 heteroatoms. The molecule has 33 heavy (non-hydrogen) atoms. The largest absolute Gasteiger partial charge is 0.466 e. The summed E-state index contributed by atoms with van der Waals surface area (Å²) in [7, 11) is 0. The Morgan fingerprint density at radius 2 is 2.06 bits per heavy atom. The number of nitriles is 1. The quantitative estimate of drug-likeness (QED) is 0.458. The van der Waals surface area contributed by atoms with Crippen molar-refractivity contribution in [3.05, 3.63) is 22.4 Å². The summed E-state index contributed by atoms with van der Waals surface area (Å²) in [5.41, 5.74) is 3.97. The van der Waals surface area contributed by atoms with Gasteiger partial charge in [0, 0.05) is 57.0 Å². The summed E-state index contributed by atoms with van der Waals surface area (Å²) >= 11 is 0. The highest BCUT2D eigenvalue weighted by molar-refractivity contribution is 5.65. The lowest BCUT2D eigenvalue weighted by Gasteiger charge is -2.44. The monoisotopic (exact) mass is 454 g/mol. The van der Waals surface area contributed by atoms with Gasteiger partial charge in [0.1, 0.15) is 11.9 Å². The molecule has 0 aromatic carbocycles. The van der Waals surface area contributed by atoms with Crippen LogP contribution in [0.4, 0.5) is 5.82 Å². The second kappa shape index (κ2) is 9.60. The van der Waals surface area contributed by atoms with Crippen molar-refractivity contribution < 1.29 is 14.3 Å². The van der Waals surface area contributed by atoms with Gasteiger partial charge in [0.25, 0.3) is 0 Å². The van der Waals surface area contributed by atoms with Gasteiger partial charge in [0.15, 0.2) is 0 Å². The van der Waals surface area contributed by atoms with Crippen LogP contribution < -0.4 is 4.90 Å². The Bertz CT molecular complexity index is 932. The number of pyridine rings is 1. The Labute approximate surface area is 198 Å². The van der Waals surface area contributed by atoms with Gasteiger partial charge in [0.05, 0.1) is 30.1 Å². The third kappa shape index (κ3) is 5.33. The van der Waals surface area contributed by atoms with Crippen LogP contribution in [-0.4, -0.2) is 60.3 Å². The lowest BCUT2D eigenvalue weighted by molar-refractivity contribution is -0.141. The third-order valence-electron chi connectivity index (χ3n) is 7.21. The molecule has 1 aromatic heterocycles. The molecular formula is C26H38N4O3. The minimum Gasteiger partial charge on any atom is -0.466 e. The summed E-state index contributed by atoms with van der Waals surface area (Å²) in [6.07, 6.45) is 3.95.